The van der Waals surface area contributed by atoms with Gasteiger partial charge in [-0.05, 0) is 45.6 Å². The van der Waals surface area contributed by atoms with Crippen LogP contribution in [-0.4, -0.2) is 41.8 Å². The van der Waals surface area contributed by atoms with E-state index in [2.05, 4.69) is 21.1 Å². The van der Waals surface area contributed by atoms with Crippen molar-refractivity contribution in [3.05, 3.63) is 31.0 Å². The van der Waals surface area contributed by atoms with Gasteiger partial charge in [0.25, 0.3) is 0 Å². The Hall–Kier alpha value is -3.54. The third-order valence-corrected chi connectivity index (χ3v) is 6.17. The fraction of sp³-hybridized carbons (Fsp3) is 0.520. The van der Waals surface area contributed by atoms with Crippen LogP contribution in [0.2, 0.25) is 0 Å². The van der Waals surface area contributed by atoms with E-state index in [0.717, 1.165) is 23.8 Å². The van der Waals surface area contributed by atoms with E-state index in [1.54, 1.807) is 39.2 Å². The van der Waals surface area contributed by atoms with Gasteiger partial charge in [0, 0.05) is 29.8 Å². The summed E-state index contributed by atoms with van der Waals surface area (Å²) < 4.78 is 8.64. The minimum absolute atomic E-state index is 0.00192. The number of hydrogen-bond donors (Lipinski definition) is 0. The lowest BCUT2D eigenvalue weighted by Gasteiger charge is -2.21. The molecule has 1 saturated carbocycles. The first kappa shape index (κ1) is 23.6. The Morgan fingerprint density at radius 2 is 2.00 bits per heavy atom. The van der Waals surface area contributed by atoms with Gasteiger partial charge in [-0.2, -0.15) is 10.4 Å². The highest BCUT2D eigenvalue weighted by Crippen LogP contribution is 2.36. The molecule has 0 N–H and O–H groups in total. The topological polar surface area (TPSA) is 116 Å². The molecule has 0 unspecified atom stereocenters. The van der Waals surface area contributed by atoms with Crippen LogP contribution in [0.25, 0.3) is 22.3 Å². The maximum absolute atomic E-state index is 12.8. The average molecular weight is 463 g/mol. The Balaban J connectivity index is 1.55. The molecule has 0 spiro atoms. The summed E-state index contributed by atoms with van der Waals surface area (Å²) in [7, 11) is 0. The van der Waals surface area contributed by atoms with Gasteiger partial charge in [-0.1, -0.05) is 12.8 Å². The minimum Gasteiger partial charge on any atom is -0.460 e. The van der Waals surface area contributed by atoms with Crippen LogP contribution in [0.4, 0.5) is 0 Å². The normalized spacial score (nSPS) is 15.4. The lowest BCUT2D eigenvalue weighted by molar-refractivity contribution is -0.154. The molecule has 0 radical (unpaired) electrons. The fourth-order valence-corrected chi connectivity index (χ4v) is 4.66. The van der Waals surface area contributed by atoms with Crippen molar-refractivity contribution >= 4 is 22.9 Å². The molecule has 1 atom stereocenters. The maximum Gasteiger partial charge on any atom is 0.306 e. The monoisotopic (exact) mass is 462 g/mol. The summed E-state index contributed by atoms with van der Waals surface area (Å²) in [5.74, 6) is -0.188. The predicted molar refractivity (Wildman–Crippen MR) is 126 cm³/mol. The van der Waals surface area contributed by atoms with E-state index in [9.17, 15) is 14.9 Å². The van der Waals surface area contributed by atoms with Gasteiger partial charge in [0.2, 0.25) is 5.91 Å². The van der Waals surface area contributed by atoms with Gasteiger partial charge in [-0.25, -0.2) is 9.97 Å². The van der Waals surface area contributed by atoms with Crippen molar-refractivity contribution in [2.24, 2.45) is 5.92 Å². The quantitative estimate of drug-likeness (QED) is 0.467. The first-order chi connectivity index (χ1) is 16.3. The molecular weight excluding hydrogens is 432 g/mol. The van der Waals surface area contributed by atoms with E-state index in [1.807, 2.05) is 10.9 Å². The van der Waals surface area contributed by atoms with Crippen molar-refractivity contribution in [3.8, 4) is 17.3 Å². The first-order valence-corrected chi connectivity index (χ1v) is 11.8. The van der Waals surface area contributed by atoms with E-state index >= 15 is 0 Å². The zero-order chi connectivity index (χ0) is 24.3. The van der Waals surface area contributed by atoms with Gasteiger partial charge in [0.1, 0.15) is 11.9 Å². The number of nitrogens with zero attached hydrogens (tertiary/aromatic N) is 6. The highest BCUT2D eigenvalue weighted by atomic mass is 16.6. The summed E-state index contributed by atoms with van der Waals surface area (Å²) in [6.07, 6.45) is 11.8. The largest absolute Gasteiger partial charge is 0.460 e. The molecule has 3 heterocycles. The number of fused-ring (bicyclic) bond motifs is 1. The Morgan fingerprint density at radius 1 is 1.24 bits per heavy atom. The highest BCUT2D eigenvalue weighted by Gasteiger charge is 2.27. The van der Waals surface area contributed by atoms with E-state index in [1.165, 1.54) is 23.7 Å². The van der Waals surface area contributed by atoms with Crippen molar-refractivity contribution in [2.45, 2.75) is 77.4 Å². The second-order valence-electron chi connectivity index (χ2n) is 9.81. The van der Waals surface area contributed by atoms with E-state index in [4.69, 9.17) is 4.74 Å². The van der Waals surface area contributed by atoms with Gasteiger partial charge in [0.15, 0.2) is 5.65 Å². The van der Waals surface area contributed by atoms with Crippen molar-refractivity contribution in [2.75, 3.05) is 0 Å². The zero-order valence-corrected chi connectivity index (χ0v) is 19.9. The Bertz CT molecular complexity index is 1220. The molecule has 0 bridgehead atoms. The maximum atomic E-state index is 12.8. The van der Waals surface area contributed by atoms with Crippen LogP contribution >= 0.6 is 0 Å². The summed E-state index contributed by atoms with van der Waals surface area (Å²) in [5, 5.41) is 14.6. The summed E-state index contributed by atoms with van der Waals surface area (Å²) >= 11 is 0. The number of carbonyl (C=O) groups excluding carboxylic acids is 2. The average Bonchev–Trinajstić information content (AvgIpc) is 3.55. The molecule has 3 aromatic rings. The fourth-order valence-electron chi connectivity index (χ4n) is 4.66. The number of ether oxygens (including phenoxy) is 1. The lowest BCUT2D eigenvalue weighted by Crippen LogP contribution is -2.24. The zero-order valence-electron chi connectivity index (χ0n) is 19.9. The Labute approximate surface area is 198 Å². The van der Waals surface area contributed by atoms with Gasteiger partial charge < -0.3 is 4.74 Å². The third kappa shape index (κ3) is 5.16. The molecule has 1 fully saturated rings. The Morgan fingerprint density at radius 3 is 2.71 bits per heavy atom. The molecule has 9 nitrogen and oxygen atoms in total. The summed E-state index contributed by atoms with van der Waals surface area (Å²) in [6.45, 7) is 5.38. The van der Waals surface area contributed by atoms with E-state index < -0.39 is 11.6 Å². The van der Waals surface area contributed by atoms with Crippen LogP contribution < -0.4 is 0 Å². The molecule has 0 aromatic carbocycles. The first-order valence-electron chi connectivity index (χ1n) is 11.8. The number of esters is 1. The van der Waals surface area contributed by atoms with Crippen LogP contribution in [0.1, 0.15) is 76.6 Å². The van der Waals surface area contributed by atoms with Crippen LogP contribution in [0, 0.1) is 17.2 Å². The molecular formula is C25H30N6O3. The molecule has 34 heavy (non-hydrogen) atoms. The van der Waals surface area contributed by atoms with Crippen LogP contribution in [0.15, 0.2) is 31.0 Å². The summed E-state index contributed by atoms with van der Waals surface area (Å²) in [6, 6.07) is 4.17. The van der Waals surface area contributed by atoms with Gasteiger partial charge in [0.05, 0.1) is 36.8 Å². The summed E-state index contributed by atoms with van der Waals surface area (Å²) in [4.78, 5) is 33.6. The number of aromatic nitrogens is 5. The van der Waals surface area contributed by atoms with Crippen molar-refractivity contribution in [1.29, 1.82) is 5.26 Å². The molecule has 0 amide bonds. The standard InChI is InChI=1S/C25H30N6O3/c1-25(2,3)34-22(33)9-8-21(32)30-13-11-19-23(27-16-28-24(19)30)18-14-29-31(15-18)20(10-12-26)17-6-4-5-7-17/h11,13-17,20H,4-10H2,1-3H3/t20-/m1/s1. The van der Waals surface area contributed by atoms with Crippen LogP contribution in [0.3, 0.4) is 0 Å². The van der Waals surface area contributed by atoms with Gasteiger partial charge in [-0.15, -0.1) is 0 Å². The van der Waals surface area contributed by atoms with Crippen LogP contribution in [-0.2, 0) is 9.53 Å². The molecule has 178 valence electrons. The number of rotatable bonds is 7. The molecule has 4 rings (SSSR count). The number of carbonyl (C=O) groups is 2. The molecule has 3 aromatic heterocycles. The smallest absolute Gasteiger partial charge is 0.306 e. The second kappa shape index (κ2) is 9.75. The predicted octanol–water partition coefficient (Wildman–Crippen LogP) is 4.70. The van der Waals surface area contributed by atoms with Gasteiger partial charge >= 0.3 is 5.97 Å². The van der Waals surface area contributed by atoms with E-state index in [-0.39, 0.29) is 24.8 Å². The molecule has 9 heteroatoms. The van der Waals surface area contributed by atoms with Crippen molar-refractivity contribution < 1.29 is 14.3 Å². The molecule has 1 aliphatic rings. The number of nitriles is 1. The lowest BCUT2D eigenvalue weighted by atomic mass is 9.96. The Kier molecular flexibility index (Phi) is 6.77. The van der Waals surface area contributed by atoms with Crippen molar-refractivity contribution in [1.82, 2.24) is 24.3 Å². The van der Waals surface area contributed by atoms with Crippen molar-refractivity contribution in [3.63, 3.8) is 0 Å². The third-order valence-electron chi connectivity index (χ3n) is 6.17. The molecule has 0 aliphatic heterocycles. The molecule has 1 aliphatic carbocycles. The second-order valence-corrected chi connectivity index (χ2v) is 9.81. The van der Waals surface area contributed by atoms with E-state index in [0.29, 0.717) is 23.7 Å². The number of hydrogen-bond acceptors (Lipinski definition) is 7. The highest BCUT2D eigenvalue weighted by molar-refractivity contribution is 5.97. The van der Waals surface area contributed by atoms with Crippen LogP contribution in [0.5, 0.6) is 0 Å². The molecule has 0 saturated heterocycles. The SMILES string of the molecule is CC(C)(C)OC(=O)CCC(=O)n1ccc2c(-c3cnn([C@H](CC#N)C4CCCC4)c3)ncnc21. The minimum atomic E-state index is -0.586. The summed E-state index contributed by atoms with van der Waals surface area (Å²) in [5.41, 5.74) is 1.39. The van der Waals surface area contributed by atoms with Gasteiger partial charge in [-0.3, -0.25) is 18.8 Å².